The van der Waals surface area contributed by atoms with E-state index in [-0.39, 0.29) is 21.7 Å². The highest BCUT2D eigenvalue weighted by molar-refractivity contribution is 6.38. The molecule has 0 N–H and O–H groups in total. The standard InChI is InChI=1S/C34H52B2N2O4/c1-31(2,3)25-17-23-21-37(35(39-13)41-29(23)27(19-25)33(7,8)9)15-16-38-22-24-18-26(32(4,5)6)20-28(34(10,11)12)30(24)42-36(38)40-14/h17-22H,15-16H2,1-14H3/q+2. The molecule has 4 rings (SSSR count). The van der Waals surface area contributed by atoms with Crippen molar-refractivity contribution in [2.24, 2.45) is 0 Å². The molecule has 0 unspecified atom stereocenters. The van der Waals surface area contributed by atoms with Crippen molar-refractivity contribution in [3.8, 4) is 11.5 Å². The van der Waals surface area contributed by atoms with E-state index in [4.69, 9.17) is 18.6 Å². The lowest BCUT2D eigenvalue weighted by Crippen LogP contribution is -2.49. The van der Waals surface area contributed by atoms with Crippen LogP contribution in [0.15, 0.2) is 24.3 Å². The summed E-state index contributed by atoms with van der Waals surface area (Å²) in [4.78, 5) is 0. The Kier molecular flexibility index (Phi) is 8.60. The van der Waals surface area contributed by atoms with Crippen molar-refractivity contribution in [2.75, 3.05) is 27.3 Å². The Morgan fingerprint density at radius 1 is 0.548 bits per heavy atom. The number of hydrogen-bond donors (Lipinski definition) is 0. The minimum absolute atomic E-state index is 0.0167. The van der Waals surface area contributed by atoms with Crippen LogP contribution in [0.25, 0.3) is 0 Å². The van der Waals surface area contributed by atoms with Crippen molar-refractivity contribution < 1.29 is 27.6 Å². The molecule has 2 aliphatic rings. The normalized spacial score (nSPS) is 15.9. The van der Waals surface area contributed by atoms with Gasteiger partial charge in [-0.2, -0.15) is 0 Å². The molecule has 0 spiro atoms. The lowest BCUT2D eigenvalue weighted by molar-refractivity contribution is -0.492. The summed E-state index contributed by atoms with van der Waals surface area (Å²) >= 11 is 0. The Labute approximate surface area is 255 Å². The third kappa shape index (κ3) is 6.65. The summed E-state index contributed by atoms with van der Waals surface area (Å²) in [7, 11) is 2.34. The van der Waals surface area contributed by atoms with E-state index in [2.05, 4.69) is 129 Å². The van der Waals surface area contributed by atoms with Crippen LogP contribution >= 0.6 is 0 Å². The lowest BCUT2D eigenvalue weighted by atomic mass is 9.78. The molecule has 0 bridgehead atoms. The van der Waals surface area contributed by atoms with E-state index < -0.39 is 14.5 Å². The van der Waals surface area contributed by atoms with E-state index >= 15 is 0 Å². The minimum Gasteiger partial charge on any atom is -0.473 e. The summed E-state index contributed by atoms with van der Waals surface area (Å²) in [5, 5.41) is 0. The summed E-state index contributed by atoms with van der Waals surface area (Å²) in [6.45, 7) is 28.2. The van der Waals surface area contributed by atoms with Crippen molar-refractivity contribution in [3.05, 3.63) is 57.6 Å². The number of benzene rings is 2. The highest BCUT2D eigenvalue weighted by atomic mass is 16.6. The molecular formula is C34H52B2N2O4+2. The van der Waals surface area contributed by atoms with Gasteiger partial charge in [-0.15, -0.1) is 0 Å². The zero-order valence-electron chi connectivity index (χ0n) is 28.6. The number of rotatable bonds is 5. The van der Waals surface area contributed by atoms with E-state index in [9.17, 15) is 0 Å². The molecule has 0 radical (unpaired) electrons. The average molecular weight is 574 g/mol. The van der Waals surface area contributed by atoms with Crippen molar-refractivity contribution in [3.63, 3.8) is 0 Å². The van der Waals surface area contributed by atoms with Gasteiger partial charge in [0, 0.05) is 14.2 Å². The number of fused-ring (bicyclic) bond motifs is 2. The second kappa shape index (κ2) is 11.2. The summed E-state index contributed by atoms with van der Waals surface area (Å²) in [6, 6.07) is 9.12. The van der Waals surface area contributed by atoms with Gasteiger partial charge in [-0.05, 0) is 56.0 Å². The summed E-state index contributed by atoms with van der Waals surface area (Å²) in [5.41, 5.74) is 7.02. The molecule has 2 aliphatic heterocycles. The molecule has 2 aromatic rings. The monoisotopic (exact) mass is 574 g/mol. The van der Waals surface area contributed by atoms with Crippen LogP contribution in [0, 0.1) is 0 Å². The predicted octanol–water partition coefficient (Wildman–Crippen LogP) is 6.49. The molecule has 0 aliphatic carbocycles. The highest BCUT2D eigenvalue weighted by Crippen LogP contribution is 2.40. The molecule has 0 atom stereocenters. The Hall–Kier alpha value is -2.57. The molecule has 226 valence electrons. The van der Waals surface area contributed by atoms with Crippen LogP contribution in [-0.2, 0) is 31.0 Å². The van der Waals surface area contributed by atoms with Gasteiger partial charge in [0.25, 0.3) is 0 Å². The maximum atomic E-state index is 6.56. The number of hydrogen-bond acceptors (Lipinski definition) is 4. The smallest absolute Gasteiger partial charge is 0.473 e. The van der Waals surface area contributed by atoms with Crippen LogP contribution in [0.2, 0.25) is 0 Å². The van der Waals surface area contributed by atoms with E-state index in [1.807, 2.05) is 0 Å². The fourth-order valence-electron chi connectivity index (χ4n) is 5.49. The van der Waals surface area contributed by atoms with Crippen LogP contribution < -0.4 is 9.31 Å². The first-order valence-electron chi connectivity index (χ1n) is 15.2. The van der Waals surface area contributed by atoms with Crippen LogP contribution in [0.3, 0.4) is 0 Å². The first kappa shape index (κ1) is 32.3. The quantitative estimate of drug-likeness (QED) is 0.384. The summed E-state index contributed by atoms with van der Waals surface area (Å²) in [5.74, 6) is 1.80. The van der Waals surface area contributed by atoms with E-state index in [1.165, 1.54) is 22.3 Å². The zero-order chi connectivity index (χ0) is 31.4. The summed E-state index contributed by atoms with van der Waals surface area (Å²) in [6.07, 6.45) is 4.38. The van der Waals surface area contributed by atoms with Gasteiger partial charge in [-0.25, -0.2) is 8.97 Å². The Morgan fingerprint density at radius 2 is 0.881 bits per heavy atom. The van der Waals surface area contributed by atoms with E-state index in [0.29, 0.717) is 13.1 Å². The molecule has 0 saturated carbocycles. The van der Waals surface area contributed by atoms with E-state index in [0.717, 1.165) is 22.6 Å². The van der Waals surface area contributed by atoms with Gasteiger partial charge >= 0.3 is 14.5 Å². The largest absolute Gasteiger partial charge is 0.916 e. The second-order valence-corrected chi connectivity index (χ2v) is 15.9. The Bertz CT molecular complexity index is 1300. The summed E-state index contributed by atoms with van der Waals surface area (Å²) < 4.78 is 29.1. The van der Waals surface area contributed by atoms with Gasteiger partial charge in [0.15, 0.2) is 25.5 Å². The third-order valence-electron chi connectivity index (χ3n) is 8.19. The van der Waals surface area contributed by atoms with Gasteiger partial charge in [-0.1, -0.05) is 95.2 Å². The molecule has 0 fully saturated rings. The average Bonchev–Trinajstić information content (AvgIpc) is 2.87. The minimum atomic E-state index is -0.530. The lowest BCUT2D eigenvalue weighted by Gasteiger charge is -2.30. The molecule has 2 aromatic carbocycles. The second-order valence-electron chi connectivity index (χ2n) is 15.9. The van der Waals surface area contributed by atoms with Gasteiger partial charge in [0.05, 0.1) is 11.1 Å². The van der Waals surface area contributed by atoms with Crippen molar-refractivity contribution in [2.45, 2.75) is 105 Å². The first-order valence-corrected chi connectivity index (χ1v) is 15.2. The maximum Gasteiger partial charge on any atom is 0.916 e. The Morgan fingerprint density at radius 3 is 1.14 bits per heavy atom. The van der Waals surface area contributed by atoms with Crippen LogP contribution in [-0.4, -0.2) is 63.2 Å². The fraction of sp³-hybridized carbons (Fsp3) is 0.588. The van der Waals surface area contributed by atoms with Gasteiger partial charge in [0.2, 0.25) is 0 Å². The van der Waals surface area contributed by atoms with Crippen molar-refractivity contribution in [1.82, 2.24) is 0 Å². The molecule has 0 aromatic heterocycles. The third-order valence-corrected chi connectivity index (χ3v) is 8.19. The SMILES string of the molecule is COB1Oc2c(cc(C(C)(C)C)cc2C(C)(C)C)C=[N+]1CC[N+]1=Cc2cc(C(C)(C)C)cc(C(C)(C)C)c2OB1OC. The van der Waals surface area contributed by atoms with Crippen molar-refractivity contribution in [1.29, 1.82) is 0 Å². The Balaban J connectivity index is 1.75. The van der Waals surface area contributed by atoms with Crippen LogP contribution in [0.4, 0.5) is 0 Å². The zero-order valence-corrected chi connectivity index (χ0v) is 28.6. The fourth-order valence-corrected chi connectivity index (χ4v) is 5.49. The van der Waals surface area contributed by atoms with Crippen molar-refractivity contribution >= 4 is 26.9 Å². The van der Waals surface area contributed by atoms with E-state index in [1.54, 1.807) is 14.2 Å². The van der Waals surface area contributed by atoms with Crippen LogP contribution in [0.5, 0.6) is 11.5 Å². The van der Waals surface area contributed by atoms with Crippen LogP contribution in [0.1, 0.15) is 116 Å². The molecule has 2 heterocycles. The molecule has 6 nitrogen and oxygen atoms in total. The van der Waals surface area contributed by atoms with Gasteiger partial charge < -0.3 is 18.6 Å². The predicted molar refractivity (Wildman–Crippen MR) is 175 cm³/mol. The molecule has 42 heavy (non-hydrogen) atoms. The van der Waals surface area contributed by atoms with Gasteiger partial charge in [-0.3, -0.25) is 0 Å². The molecule has 0 saturated heterocycles. The number of nitrogens with zero attached hydrogens (tertiary/aromatic N) is 2. The molecule has 8 heteroatoms. The molecule has 0 amide bonds. The highest BCUT2D eigenvalue weighted by Gasteiger charge is 2.48. The topological polar surface area (TPSA) is 42.9 Å². The maximum absolute atomic E-state index is 6.56. The van der Waals surface area contributed by atoms with Gasteiger partial charge in [0.1, 0.15) is 11.5 Å². The molecular weight excluding hydrogens is 522 g/mol. The first-order chi connectivity index (χ1) is 19.2.